The predicted octanol–water partition coefficient (Wildman–Crippen LogP) is 2.71. The van der Waals surface area contributed by atoms with E-state index < -0.39 is 0 Å². The van der Waals surface area contributed by atoms with Crippen LogP contribution < -0.4 is 10.6 Å². The van der Waals surface area contributed by atoms with Crippen molar-refractivity contribution < 1.29 is 4.52 Å². The van der Waals surface area contributed by atoms with E-state index in [2.05, 4.69) is 51.8 Å². The summed E-state index contributed by atoms with van der Waals surface area (Å²) >= 11 is 0. The van der Waals surface area contributed by atoms with E-state index in [4.69, 9.17) is 4.52 Å². The Kier molecular flexibility index (Phi) is 8.65. The number of aromatic nitrogens is 4. The van der Waals surface area contributed by atoms with Gasteiger partial charge in [-0.3, -0.25) is 0 Å². The maximum atomic E-state index is 5.43. The van der Waals surface area contributed by atoms with Gasteiger partial charge in [-0.15, -0.1) is 10.2 Å². The molecule has 144 valence electrons. The van der Waals surface area contributed by atoms with Gasteiger partial charge in [0.25, 0.3) is 0 Å². The maximum Gasteiger partial charge on any atom is 0.191 e. The largest absolute Gasteiger partial charge is 0.359 e. The summed E-state index contributed by atoms with van der Waals surface area (Å²) < 4.78 is 7.42. The van der Waals surface area contributed by atoms with Crippen LogP contribution in [-0.4, -0.2) is 39.0 Å². The first-order valence-electron chi connectivity index (χ1n) is 9.56. The summed E-state index contributed by atoms with van der Waals surface area (Å²) in [5.74, 6) is 2.07. The van der Waals surface area contributed by atoms with Crippen LogP contribution in [0, 0.1) is 0 Å². The third-order valence-electron chi connectivity index (χ3n) is 4.32. The molecule has 0 atom stereocenters. The second-order valence-electron chi connectivity index (χ2n) is 6.26. The van der Waals surface area contributed by atoms with Crippen molar-refractivity contribution in [3.8, 4) is 0 Å². The van der Waals surface area contributed by atoms with Gasteiger partial charge in [-0.25, -0.2) is 4.99 Å². The Labute approximate surface area is 155 Å². The van der Waals surface area contributed by atoms with E-state index in [0.717, 1.165) is 62.7 Å². The highest BCUT2D eigenvalue weighted by Gasteiger charge is 2.12. The molecule has 0 saturated heterocycles. The Hall–Kier alpha value is -2.38. The maximum absolute atomic E-state index is 5.43. The van der Waals surface area contributed by atoms with Crippen molar-refractivity contribution in [1.82, 2.24) is 30.6 Å². The highest BCUT2D eigenvalue weighted by molar-refractivity contribution is 5.79. The minimum atomic E-state index is 0.466. The molecule has 0 aromatic carbocycles. The van der Waals surface area contributed by atoms with Crippen molar-refractivity contribution >= 4 is 5.96 Å². The fraction of sp³-hybridized carbons (Fsp3) is 0.667. The van der Waals surface area contributed by atoms with E-state index in [1.54, 1.807) is 12.7 Å². The Morgan fingerprint density at radius 2 is 1.92 bits per heavy atom. The van der Waals surface area contributed by atoms with Crippen molar-refractivity contribution in [3.05, 3.63) is 30.2 Å². The van der Waals surface area contributed by atoms with E-state index in [9.17, 15) is 0 Å². The topological polar surface area (TPSA) is 93.2 Å². The lowest BCUT2D eigenvalue weighted by Crippen LogP contribution is -2.37. The molecule has 0 amide bonds. The lowest BCUT2D eigenvalue weighted by Gasteiger charge is -2.10. The monoisotopic (exact) mass is 361 g/mol. The molecule has 0 fully saturated rings. The van der Waals surface area contributed by atoms with Gasteiger partial charge in [0.2, 0.25) is 0 Å². The van der Waals surface area contributed by atoms with Crippen LogP contribution >= 0.6 is 0 Å². The average Bonchev–Trinajstić information content (AvgIpc) is 3.32. The van der Waals surface area contributed by atoms with Crippen LogP contribution in [0.25, 0.3) is 0 Å². The van der Waals surface area contributed by atoms with Crippen LogP contribution in [0.4, 0.5) is 0 Å². The number of unbranched alkanes of at least 4 members (excludes halogenated alkanes) is 1. The van der Waals surface area contributed by atoms with Gasteiger partial charge in [0.1, 0.15) is 19.2 Å². The minimum absolute atomic E-state index is 0.466. The molecule has 0 radical (unpaired) electrons. The second-order valence-corrected chi connectivity index (χ2v) is 6.26. The smallest absolute Gasteiger partial charge is 0.191 e. The van der Waals surface area contributed by atoms with Gasteiger partial charge in [0, 0.05) is 31.6 Å². The molecule has 0 aliphatic rings. The number of aliphatic imine (C=N–C) groups is 1. The van der Waals surface area contributed by atoms with E-state index in [0.29, 0.717) is 12.5 Å². The zero-order chi connectivity index (χ0) is 18.6. The van der Waals surface area contributed by atoms with E-state index in [-0.39, 0.29) is 0 Å². The molecule has 0 unspecified atom stereocenters. The lowest BCUT2D eigenvalue weighted by atomic mass is 9.99. The van der Waals surface area contributed by atoms with Gasteiger partial charge < -0.3 is 19.7 Å². The summed E-state index contributed by atoms with van der Waals surface area (Å²) in [5, 5.41) is 18.4. The van der Waals surface area contributed by atoms with Crippen LogP contribution in [0.3, 0.4) is 0 Å². The Morgan fingerprint density at radius 3 is 2.62 bits per heavy atom. The van der Waals surface area contributed by atoms with Crippen molar-refractivity contribution in [1.29, 1.82) is 0 Å². The molecule has 8 nitrogen and oxygen atoms in total. The van der Waals surface area contributed by atoms with Crippen molar-refractivity contribution in [3.63, 3.8) is 0 Å². The van der Waals surface area contributed by atoms with Crippen molar-refractivity contribution in [2.75, 3.05) is 13.1 Å². The SMILES string of the molecule is CCNC(=NCc1cc(C(CC)CC)no1)NCCCCn1cnnc1. The first-order valence-corrected chi connectivity index (χ1v) is 9.56. The summed E-state index contributed by atoms with van der Waals surface area (Å²) in [4.78, 5) is 4.59. The Bertz CT molecular complexity index is 632. The van der Waals surface area contributed by atoms with Crippen LogP contribution in [0.5, 0.6) is 0 Å². The van der Waals surface area contributed by atoms with Crippen LogP contribution in [-0.2, 0) is 13.1 Å². The summed E-state index contributed by atoms with van der Waals surface area (Å²) in [6, 6.07) is 2.03. The normalized spacial score (nSPS) is 11.9. The molecule has 0 aliphatic carbocycles. The average molecular weight is 361 g/mol. The Balaban J connectivity index is 1.76. The summed E-state index contributed by atoms with van der Waals surface area (Å²) in [7, 11) is 0. The highest BCUT2D eigenvalue weighted by Crippen LogP contribution is 2.22. The summed E-state index contributed by atoms with van der Waals surface area (Å²) in [6.07, 6.45) is 7.74. The number of guanidine groups is 1. The quantitative estimate of drug-likeness (QED) is 0.363. The molecule has 2 rings (SSSR count). The molecule has 0 aliphatic heterocycles. The number of hydrogen-bond acceptors (Lipinski definition) is 5. The third-order valence-corrected chi connectivity index (χ3v) is 4.32. The molecule has 0 spiro atoms. The standard InChI is InChI=1S/C18H31N7O/c1-4-15(5-2)17-11-16(26-24-17)12-21-18(19-6-3)20-9-7-8-10-25-13-22-23-14-25/h11,13-15H,4-10,12H2,1-3H3,(H2,19,20,21). The van der Waals surface area contributed by atoms with Gasteiger partial charge in [0.15, 0.2) is 11.7 Å². The number of hydrogen-bond donors (Lipinski definition) is 2. The fourth-order valence-electron chi connectivity index (χ4n) is 2.77. The summed E-state index contributed by atoms with van der Waals surface area (Å²) in [6.45, 7) is 9.52. The number of aryl methyl sites for hydroxylation is 1. The molecule has 2 heterocycles. The van der Waals surface area contributed by atoms with E-state index in [1.165, 1.54) is 0 Å². The molecule has 0 saturated carbocycles. The van der Waals surface area contributed by atoms with Gasteiger partial charge in [-0.2, -0.15) is 0 Å². The van der Waals surface area contributed by atoms with Gasteiger partial charge in [-0.1, -0.05) is 19.0 Å². The molecule has 0 bridgehead atoms. The number of nitrogens with zero attached hydrogens (tertiary/aromatic N) is 5. The molecule has 26 heavy (non-hydrogen) atoms. The Morgan fingerprint density at radius 1 is 1.15 bits per heavy atom. The first-order chi connectivity index (χ1) is 12.8. The van der Waals surface area contributed by atoms with E-state index >= 15 is 0 Å². The molecular formula is C18H31N7O. The molecule has 2 N–H and O–H groups in total. The highest BCUT2D eigenvalue weighted by atomic mass is 16.5. The predicted molar refractivity (Wildman–Crippen MR) is 102 cm³/mol. The van der Waals surface area contributed by atoms with Crippen molar-refractivity contribution in [2.45, 2.75) is 65.5 Å². The molecular weight excluding hydrogens is 330 g/mol. The molecule has 2 aromatic heterocycles. The van der Waals surface area contributed by atoms with Gasteiger partial charge in [-0.05, 0) is 32.6 Å². The third kappa shape index (κ3) is 6.50. The lowest BCUT2D eigenvalue weighted by molar-refractivity contribution is 0.372. The van der Waals surface area contributed by atoms with Crippen LogP contribution in [0.15, 0.2) is 28.2 Å². The number of rotatable bonds is 11. The molecule has 2 aromatic rings. The summed E-state index contributed by atoms with van der Waals surface area (Å²) in [5.41, 5.74) is 1.03. The van der Waals surface area contributed by atoms with Crippen molar-refractivity contribution in [2.24, 2.45) is 4.99 Å². The van der Waals surface area contributed by atoms with Gasteiger partial charge >= 0.3 is 0 Å². The second kappa shape index (κ2) is 11.3. The zero-order valence-electron chi connectivity index (χ0n) is 16.1. The molecule has 8 heteroatoms. The zero-order valence-corrected chi connectivity index (χ0v) is 16.1. The van der Waals surface area contributed by atoms with Crippen LogP contribution in [0.2, 0.25) is 0 Å². The van der Waals surface area contributed by atoms with Gasteiger partial charge in [0.05, 0.1) is 5.69 Å². The van der Waals surface area contributed by atoms with Crippen LogP contribution in [0.1, 0.15) is 63.8 Å². The van der Waals surface area contributed by atoms with E-state index in [1.807, 2.05) is 10.6 Å². The first kappa shape index (κ1) is 19.9. The fourth-order valence-corrected chi connectivity index (χ4v) is 2.77. The minimum Gasteiger partial charge on any atom is -0.359 e. The number of nitrogens with one attached hydrogen (secondary N) is 2.